The summed E-state index contributed by atoms with van der Waals surface area (Å²) in [6, 6.07) is 16.5. The van der Waals surface area contributed by atoms with Gasteiger partial charge in [-0.2, -0.15) is 0 Å². The van der Waals surface area contributed by atoms with E-state index in [2.05, 4.69) is 5.32 Å². The minimum Gasteiger partial charge on any atom is -0.496 e. The minimum atomic E-state index is -0.332. The Bertz CT molecular complexity index is 1390. The highest BCUT2D eigenvalue weighted by molar-refractivity contribution is 6.35. The molecule has 0 aliphatic heterocycles. The lowest BCUT2D eigenvalue weighted by atomic mass is 9.98. The van der Waals surface area contributed by atoms with E-state index in [9.17, 15) is 4.79 Å². The average Bonchev–Trinajstić information content (AvgIpc) is 3.23. The second kappa shape index (κ2) is 10.2. The molecule has 1 heterocycles. The van der Waals surface area contributed by atoms with E-state index in [1.165, 1.54) is 6.08 Å². The monoisotopic (exact) mass is 495 g/mol. The molecule has 3 aromatic carbocycles. The van der Waals surface area contributed by atoms with Crippen molar-refractivity contribution in [3.63, 3.8) is 0 Å². The lowest BCUT2D eigenvalue weighted by Crippen LogP contribution is -2.09. The van der Waals surface area contributed by atoms with Crippen molar-refractivity contribution >= 4 is 51.3 Å². The number of furan rings is 1. The third-order valence-electron chi connectivity index (χ3n) is 5.33. The maximum absolute atomic E-state index is 12.7. The fraction of sp³-hybridized carbons (Fsp3) is 0.148. The van der Waals surface area contributed by atoms with E-state index in [-0.39, 0.29) is 5.91 Å². The predicted molar refractivity (Wildman–Crippen MR) is 138 cm³/mol. The number of allylic oxidation sites excluding steroid dienone is 1. The van der Waals surface area contributed by atoms with E-state index in [1.54, 1.807) is 31.6 Å². The Morgan fingerprint density at radius 1 is 1.06 bits per heavy atom. The summed E-state index contributed by atoms with van der Waals surface area (Å²) in [5.41, 5.74) is 4.41. The van der Waals surface area contributed by atoms with E-state index in [1.807, 2.05) is 50.2 Å². The molecule has 0 spiro atoms. The van der Waals surface area contributed by atoms with E-state index in [4.69, 9.17) is 37.1 Å². The van der Waals surface area contributed by atoms with Gasteiger partial charge in [0.15, 0.2) is 0 Å². The summed E-state index contributed by atoms with van der Waals surface area (Å²) in [5, 5.41) is 4.55. The van der Waals surface area contributed by atoms with Crippen molar-refractivity contribution in [3.05, 3.63) is 82.5 Å². The lowest BCUT2D eigenvalue weighted by Gasteiger charge is -2.12. The van der Waals surface area contributed by atoms with E-state index in [0.717, 1.165) is 27.8 Å². The van der Waals surface area contributed by atoms with Crippen LogP contribution in [0.2, 0.25) is 10.0 Å². The number of ether oxygens (including phenoxy) is 2. The molecule has 0 aliphatic rings. The largest absolute Gasteiger partial charge is 0.496 e. The Balaban J connectivity index is 1.76. The number of amides is 1. The predicted octanol–water partition coefficient (Wildman–Crippen LogP) is 7.86. The fourth-order valence-corrected chi connectivity index (χ4v) is 4.09. The van der Waals surface area contributed by atoms with Crippen LogP contribution < -0.4 is 14.8 Å². The summed E-state index contributed by atoms with van der Waals surface area (Å²) >= 11 is 12.2. The van der Waals surface area contributed by atoms with Crippen LogP contribution in [0.3, 0.4) is 0 Å². The summed E-state index contributed by atoms with van der Waals surface area (Å²) in [7, 11) is 1.64. The number of nitrogens with one attached hydrogen (secondary N) is 1. The summed E-state index contributed by atoms with van der Waals surface area (Å²) in [6.45, 7) is 4.23. The number of carbonyl (C=O) groups is 1. The maximum atomic E-state index is 12.7. The van der Waals surface area contributed by atoms with Gasteiger partial charge < -0.3 is 19.2 Å². The number of methoxy groups -OCH3 is 1. The number of anilines is 1. The van der Waals surface area contributed by atoms with Crippen molar-refractivity contribution in [1.82, 2.24) is 0 Å². The highest BCUT2D eigenvalue weighted by Gasteiger charge is 2.17. The van der Waals surface area contributed by atoms with Crippen LogP contribution >= 0.6 is 23.2 Å². The maximum Gasteiger partial charge on any atom is 0.248 e. The molecule has 174 valence electrons. The molecular weight excluding hydrogens is 473 g/mol. The van der Waals surface area contributed by atoms with Crippen LogP contribution in [0.4, 0.5) is 5.69 Å². The van der Waals surface area contributed by atoms with Crippen LogP contribution in [0, 0.1) is 0 Å². The molecule has 5 nitrogen and oxygen atoms in total. The third kappa shape index (κ3) is 4.91. The number of halogens is 2. The van der Waals surface area contributed by atoms with Crippen LogP contribution in [0.25, 0.3) is 27.7 Å². The number of rotatable bonds is 7. The molecule has 1 aromatic heterocycles. The van der Waals surface area contributed by atoms with Gasteiger partial charge in [-0.3, -0.25) is 4.79 Å². The Hall–Kier alpha value is -3.41. The molecule has 7 heteroatoms. The van der Waals surface area contributed by atoms with Crippen molar-refractivity contribution in [2.75, 3.05) is 19.0 Å². The first-order valence-corrected chi connectivity index (χ1v) is 11.4. The highest BCUT2D eigenvalue weighted by atomic mass is 35.5. The number of carbonyl (C=O) groups excluding carboxylic acids is 1. The number of fused-ring (bicyclic) bond motifs is 1. The van der Waals surface area contributed by atoms with Crippen LogP contribution in [-0.4, -0.2) is 19.6 Å². The Morgan fingerprint density at radius 2 is 1.85 bits per heavy atom. The van der Waals surface area contributed by atoms with Gasteiger partial charge in [-0.25, -0.2) is 0 Å². The minimum absolute atomic E-state index is 0.332. The van der Waals surface area contributed by atoms with Gasteiger partial charge in [0.2, 0.25) is 5.91 Å². The molecule has 1 N–H and O–H groups in total. The van der Waals surface area contributed by atoms with Gasteiger partial charge in [0.25, 0.3) is 0 Å². The standard InChI is InChI=1S/C27H23Cl2NO4/c1-4-33-25-14-26-20(21(15-34-26)18-7-5-6-8-24(18)32-3)13-19(25)16(2)11-27(31)30-23-12-17(28)9-10-22(23)29/h5-15H,4H2,1-3H3,(H,30,31)/b16-11+. The van der Waals surface area contributed by atoms with Crippen molar-refractivity contribution in [3.8, 4) is 22.6 Å². The Kier molecular flexibility index (Phi) is 7.15. The first kappa shape index (κ1) is 23.7. The lowest BCUT2D eigenvalue weighted by molar-refractivity contribution is -0.111. The van der Waals surface area contributed by atoms with Crippen LogP contribution in [0.1, 0.15) is 19.4 Å². The van der Waals surface area contributed by atoms with Crippen LogP contribution in [-0.2, 0) is 4.79 Å². The zero-order chi connectivity index (χ0) is 24.2. The fourth-order valence-electron chi connectivity index (χ4n) is 3.75. The topological polar surface area (TPSA) is 60.7 Å². The molecule has 34 heavy (non-hydrogen) atoms. The molecule has 0 unspecified atom stereocenters. The molecule has 4 aromatic rings. The van der Waals surface area contributed by atoms with E-state index in [0.29, 0.717) is 39.2 Å². The van der Waals surface area contributed by atoms with Gasteiger partial charge in [-0.05, 0) is 49.8 Å². The first-order valence-electron chi connectivity index (χ1n) is 10.7. The van der Waals surface area contributed by atoms with Gasteiger partial charge >= 0.3 is 0 Å². The van der Waals surface area contributed by atoms with Crippen molar-refractivity contribution < 1.29 is 18.7 Å². The van der Waals surface area contributed by atoms with Crippen molar-refractivity contribution in [1.29, 1.82) is 0 Å². The Labute approximate surface area is 207 Å². The average molecular weight is 496 g/mol. The summed E-state index contributed by atoms with van der Waals surface area (Å²) in [4.78, 5) is 12.7. The van der Waals surface area contributed by atoms with Crippen LogP contribution in [0.15, 0.2) is 71.4 Å². The molecule has 0 aliphatic carbocycles. The number of hydrogen-bond donors (Lipinski definition) is 1. The summed E-state index contributed by atoms with van der Waals surface area (Å²) in [6.07, 6.45) is 3.21. The molecular formula is C27H23Cl2NO4. The second-order valence-electron chi connectivity index (χ2n) is 7.57. The van der Waals surface area contributed by atoms with Crippen LogP contribution in [0.5, 0.6) is 11.5 Å². The van der Waals surface area contributed by atoms with Gasteiger partial charge in [0.1, 0.15) is 17.1 Å². The van der Waals surface area contributed by atoms with E-state index < -0.39 is 0 Å². The Morgan fingerprint density at radius 3 is 2.62 bits per heavy atom. The number of para-hydroxylation sites is 1. The second-order valence-corrected chi connectivity index (χ2v) is 8.41. The summed E-state index contributed by atoms with van der Waals surface area (Å²) in [5.74, 6) is 1.03. The SMILES string of the molecule is CCOc1cc2occ(-c3ccccc3OC)c2cc1/C(C)=C/C(=O)Nc1cc(Cl)ccc1Cl. The van der Waals surface area contributed by atoms with Gasteiger partial charge in [0, 0.05) is 39.2 Å². The summed E-state index contributed by atoms with van der Waals surface area (Å²) < 4.78 is 17.2. The molecule has 0 fully saturated rings. The molecule has 0 bridgehead atoms. The molecule has 4 rings (SSSR count). The number of hydrogen-bond acceptors (Lipinski definition) is 4. The molecule has 1 amide bonds. The third-order valence-corrected chi connectivity index (χ3v) is 5.90. The molecule has 0 radical (unpaired) electrons. The van der Waals surface area contributed by atoms with E-state index >= 15 is 0 Å². The molecule has 0 saturated heterocycles. The smallest absolute Gasteiger partial charge is 0.248 e. The number of benzene rings is 3. The van der Waals surface area contributed by atoms with Crippen molar-refractivity contribution in [2.24, 2.45) is 0 Å². The first-order chi connectivity index (χ1) is 16.4. The van der Waals surface area contributed by atoms with Crippen molar-refractivity contribution in [2.45, 2.75) is 13.8 Å². The zero-order valence-corrected chi connectivity index (χ0v) is 20.5. The molecule has 0 saturated carbocycles. The normalized spacial score (nSPS) is 11.5. The highest BCUT2D eigenvalue weighted by Crippen LogP contribution is 2.40. The van der Waals surface area contributed by atoms with Gasteiger partial charge in [-0.1, -0.05) is 41.4 Å². The van der Waals surface area contributed by atoms with Gasteiger partial charge in [0.05, 0.1) is 30.7 Å². The molecule has 0 atom stereocenters. The van der Waals surface area contributed by atoms with Gasteiger partial charge in [-0.15, -0.1) is 0 Å². The zero-order valence-electron chi connectivity index (χ0n) is 18.9. The quantitative estimate of drug-likeness (QED) is 0.265.